The molecule has 6 heteroatoms. The molecule has 0 aliphatic carbocycles. The fourth-order valence-corrected chi connectivity index (χ4v) is 3.54. The summed E-state index contributed by atoms with van der Waals surface area (Å²) in [5, 5.41) is 0.136. The summed E-state index contributed by atoms with van der Waals surface area (Å²) in [7, 11) is 1.62. The third-order valence-corrected chi connectivity index (χ3v) is 4.72. The van der Waals surface area contributed by atoms with Crippen molar-refractivity contribution in [2.45, 2.75) is 6.04 Å². The highest BCUT2D eigenvalue weighted by atomic mass is 79.9. The molecule has 0 bridgehead atoms. The van der Waals surface area contributed by atoms with Crippen LogP contribution in [-0.2, 0) is 0 Å². The van der Waals surface area contributed by atoms with Gasteiger partial charge in [0.1, 0.15) is 11.4 Å². The SMILES string of the molecule is CN1C(=O)c2oc3ccc(F)cc3c(=O)c2[C@@H]1c1cccc(Br)c1. The number of carbonyl (C=O) groups is 1. The zero-order chi connectivity index (χ0) is 17.0. The lowest BCUT2D eigenvalue weighted by Crippen LogP contribution is -2.25. The number of carbonyl (C=O) groups excluding carboxylic acids is 1. The topological polar surface area (TPSA) is 50.5 Å². The van der Waals surface area contributed by atoms with E-state index in [9.17, 15) is 14.0 Å². The molecule has 0 radical (unpaired) electrons. The fourth-order valence-electron chi connectivity index (χ4n) is 3.13. The number of benzene rings is 2. The molecule has 1 atom stereocenters. The van der Waals surface area contributed by atoms with E-state index in [1.54, 1.807) is 7.05 Å². The quantitative estimate of drug-likeness (QED) is 0.636. The Labute approximate surface area is 144 Å². The van der Waals surface area contributed by atoms with Crippen LogP contribution in [-0.4, -0.2) is 17.9 Å². The van der Waals surface area contributed by atoms with Crippen LogP contribution in [0.3, 0.4) is 0 Å². The van der Waals surface area contributed by atoms with Gasteiger partial charge in [-0.15, -0.1) is 0 Å². The molecule has 120 valence electrons. The average Bonchev–Trinajstić information content (AvgIpc) is 2.81. The minimum Gasteiger partial charge on any atom is -0.450 e. The second kappa shape index (κ2) is 5.27. The summed E-state index contributed by atoms with van der Waals surface area (Å²) in [5.41, 5.74) is 0.853. The van der Waals surface area contributed by atoms with Gasteiger partial charge in [-0.2, -0.15) is 0 Å². The van der Waals surface area contributed by atoms with Gasteiger partial charge in [0.25, 0.3) is 5.91 Å². The minimum absolute atomic E-state index is 0.0200. The van der Waals surface area contributed by atoms with E-state index in [0.717, 1.165) is 16.1 Å². The number of fused-ring (bicyclic) bond motifs is 2. The molecule has 3 aromatic rings. The highest BCUT2D eigenvalue weighted by molar-refractivity contribution is 9.10. The van der Waals surface area contributed by atoms with Crippen molar-refractivity contribution < 1.29 is 13.6 Å². The Bertz CT molecular complexity index is 1060. The summed E-state index contributed by atoms with van der Waals surface area (Å²) in [5.74, 6) is -0.865. The molecule has 0 saturated heterocycles. The molecule has 24 heavy (non-hydrogen) atoms. The van der Waals surface area contributed by atoms with Gasteiger partial charge < -0.3 is 9.32 Å². The van der Waals surface area contributed by atoms with Gasteiger partial charge in [-0.05, 0) is 35.9 Å². The predicted molar refractivity (Wildman–Crippen MR) is 90.5 cm³/mol. The minimum atomic E-state index is -0.561. The first-order valence-corrected chi connectivity index (χ1v) is 8.05. The van der Waals surface area contributed by atoms with Crippen molar-refractivity contribution in [1.82, 2.24) is 4.90 Å². The predicted octanol–water partition coefficient (Wildman–Crippen LogP) is 3.87. The molecule has 4 nitrogen and oxygen atoms in total. The largest absolute Gasteiger partial charge is 0.450 e. The Morgan fingerprint density at radius 1 is 1.17 bits per heavy atom. The van der Waals surface area contributed by atoms with E-state index >= 15 is 0 Å². The van der Waals surface area contributed by atoms with Crippen molar-refractivity contribution in [2.24, 2.45) is 0 Å². The molecular weight excluding hydrogens is 377 g/mol. The van der Waals surface area contributed by atoms with E-state index in [4.69, 9.17) is 4.42 Å². The number of nitrogens with zero attached hydrogens (tertiary/aromatic N) is 1. The van der Waals surface area contributed by atoms with Crippen molar-refractivity contribution in [3.63, 3.8) is 0 Å². The molecule has 0 fully saturated rings. The van der Waals surface area contributed by atoms with E-state index < -0.39 is 11.9 Å². The Morgan fingerprint density at radius 2 is 1.96 bits per heavy atom. The molecule has 0 N–H and O–H groups in total. The van der Waals surface area contributed by atoms with Gasteiger partial charge in [0, 0.05) is 11.5 Å². The lowest BCUT2D eigenvalue weighted by molar-refractivity contribution is 0.0771. The van der Waals surface area contributed by atoms with Gasteiger partial charge >= 0.3 is 0 Å². The van der Waals surface area contributed by atoms with E-state index in [0.29, 0.717) is 0 Å². The number of rotatable bonds is 1. The second-order valence-electron chi connectivity index (χ2n) is 5.69. The summed E-state index contributed by atoms with van der Waals surface area (Å²) >= 11 is 3.40. The maximum atomic E-state index is 13.5. The second-order valence-corrected chi connectivity index (χ2v) is 6.60. The van der Waals surface area contributed by atoms with Gasteiger partial charge in [-0.25, -0.2) is 4.39 Å². The van der Waals surface area contributed by atoms with Crippen LogP contribution in [0.1, 0.15) is 27.7 Å². The van der Waals surface area contributed by atoms with E-state index in [2.05, 4.69) is 15.9 Å². The van der Waals surface area contributed by atoms with Crippen LogP contribution < -0.4 is 5.43 Å². The molecule has 0 unspecified atom stereocenters. The molecular formula is C18H11BrFNO3. The number of hydrogen-bond acceptors (Lipinski definition) is 3. The highest BCUT2D eigenvalue weighted by Gasteiger charge is 2.40. The van der Waals surface area contributed by atoms with Crippen LogP contribution in [0.25, 0.3) is 11.0 Å². The van der Waals surface area contributed by atoms with Crippen molar-refractivity contribution >= 4 is 32.8 Å². The number of halogens is 2. The molecule has 4 rings (SSSR count). The van der Waals surface area contributed by atoms with Crippen LogP contribution in [0.4, 0.5) is 4.39 Å². The summed E-state index contributed by atoms with van der Waals surface area (Å²) in [6.07, 6.45) is 0. The van der Waals surface area contributed by atoms with Crippen LogP contribution in [0, 0.1) is 5.82 Å². The molecule has 1 aromatic heterocycles. The Kier molecular flexibility index (Phi) is 3.31. The summed E-state index contributed by atoms with van der Waals surface area (Å²) in [6, 6.07) is 10.5. The highest BCUT2D eigenvalue weighted by Crippen LogP contribution is 2.37. The molecule has 2 aromatic carbocycles. The summed E-state index contributed by atoms with van der Waals surface area (Å²) in [4.78, 5) is 26.9. The molecule has 1 amide bonds. The van der Waals surface area contributed by atoms with Crippen LogP contribution >= 0.6 is 15.9 Å². The Hall–Kier alpha value is -2.47. The molecule has 1 aliphatic heterocycles. The first kappa shape index (κ1) is 15.1. The normalized spacial score (nSPS) is 16.7. The van der Waals surface area contributed by atoms with Gasteiger partial charge in [0.2, 0.25) is 5.76 Å². The van der Waals surface area contributed by atoms with E-state index in [-0.39, 0.29) is 33.6 Å². The summed E-state index contributed by atoms with van der Waals surface area (Å²) in [6.45, 7) is 0. The number of amides is 1. The zero-order valence-electron chi connectivity index (χ0n) is 12.5. The van der Waals surface area contributed by atoms with Crippen LogP contribution in [0.2, 0.25) is 0 Å². The van der Waals surface area contributed by atoms with Crippen molar-refractivity contribution in [3.05, 3.63) is 79.9 Å². The fraction of sp³-hybridized carbons (Fsp3) is 0.111. The average molecular weight is 388 g/mol. The van der Waals surface area contributed by atoms with Gasteiger partial charge in [0.05, 0.1) is 17.0 Å². The third-order valence-electron chi connectivity index (χ3n) is 4.23. The first-order valence-electron chi connectivity index (χ1n) is 7.26. The van der Waals surface area contributed by atoms with E-state index in [1.807, 2.05) is 24.3 Å². The Balaban J connectivity index is 2.05. The number of hydrogen-bond donors (Lipinski definition) is 0. The standard InChI is InChI=1S/C18H11BrFNO3/c1-21-15(9-3-2-4-10(19)7-9)14-16(22)12-8-11(20)5-6-13(12)24-17(14)18(21)23/h2-8,15H,1H3/t15-/m0/s1. The van der Waals surface area contributed by atoms with Crippen molar-refractivity contribution in [3.8, 4) is 0 Å². The Morgan fingerprint density at radius 3 is 2.71 bits per heavy atom. The lowest BCUT2D eigenvalue weighted by atomic mass is 9.99. The van der Waals surface area contributed by atoms with Gasteiger partial charge in [-0.3, -0.25) is 9.59 Å². The summed E-state index contributed by atoms with van der Waals surface area (Å²) < 4.78 is 20.0. The van der Waals surface area contributed by atoms with Crippen LogP contribution in [0.15, 0.2) is 56.1 Å². The van der Waals surface area contributed by atoms with Crippen molar-refractivity contribution in [2.75, 3.05) is 7.05 Å². The maximum absolute atomic E-state index is 13.5. The third kappa shape index (κ3) is 2.10. The lowest BCUT2D eigenvalue weighted by Gasteiger charge is -2.20. The van der Waals surface area contributed by atoms with Crippen molar-refractivity contribution in [1.29, 1.82) is 0 Å². The molecule has 1 aliphatic rings. The monoisotopic (exact) mass is 387 g/mol. The van der Waals surface area contributed by atoms with Gasteiger partial charge in [0.15, 0.2) is 5.43 Å². The zero-order valence-corrected chi connectivity index (χ0v) is 14.1. The molecule has 0 saturated carbocycles. The van der Waals surface area contributed by atoms with Gasteiger partial charge in [-0.1, -0.05) is 28.1 Å². The smallest absolute Gasteiger partial charge is 0.290 e. The maximum Gasteiger partial charge on any atom is 0.290 e. The molecule has 2 heterocycles. The first-order chi connectivity index (χ1) is 11.5. The van der Waals surface area contributed by atoms with Crippen LogP contribution in [0.5, 0.6) is 0 Å². The van der Waals surface area contributed by atoms with E-state index in [1.165, 1.54) is 17.0 Å². The molecule has 0 spiro atoms.